The van der Waals surface area contributed by atoms with Crippen molar-refractivity contribution in [3.63, 3.8) is 0 Å². The van der Waals surface area contributed by atoms with Crippen molar-refractivity contribution in [1.82, 2.24) is 15.3 Å². The van der Waals surface area contributed by atoms with Gasteiger partial charge in [0.25, 0.3) is 0 Å². The van der Waals surface area contributed by atoms with Crippen molar-refractivity contribution in [1.29, 1.82) is 5.26 Å². The summed E-state index contributed by atoms with van der Waals surface area (Å²) in [4.78, 5) is 23.4. The van der Waals surface area contributed by atoms with Crippen molar-refractivity contribution < 1.29 is 9.53 Å². The highest BCUT2D eigenvalue weighted by molar-refractivity contribution is 5.99. The lowest BCUT2D eigenvalue weighted by atomic mass is 9.86. The number of aryl methyl sites for hydroxylation is 1. The Morgan fingerprint density at radius 3 is 2.71 bits per heavy atom. The van der Waals surface area contributed by atoms with Gasteiger partial charge >= 0.3 is 0 Å². The summed E-state index contributed by atoms with van der Waals surface area (Å²) in [6.07, 6.45) is 4.88. The average Bonchev–Trinajstić information content (AvgIpc) is 3.39. The molecule has 34 heavy (non-hydrogen) atoms. The molecule has 2 heterocycles. The molecule has 1 fully saturated rings. The third kappa shape index (κ3) is 5.04. The van der Waals surface area contributed by atoms with Crippen LogP contribution in [0.3, 0.4) is 0 Å². The average molecular weight is 458 g/mol. The molecule has 176 valence electrons. The fourth-order valence-corrected chi connectivity index (χ4v) is 4.67. The zero-order chi connectivity index (χ0) is 24.1. The van der Waals surface area contributed by atoms with Crippen molar-refractivity contribution in [2.45, 2.75) is 44.7 Å². The zero-order valence-electron chi connectivity index (χ0n) is 19.9. The van der Waals surface area contributed by atoms with Gasteiger partial charge in [-0.15, -0.1) is 0 Å². The Bertz CT molecular complexity index is 1150. The van der Waals surface area contributed by atoms with E-state index in [2.05, 4.69) is 41.3 Å². The van der Waals surface area contributed by atoms with E-state index in [1.54, 1.807) is 19.6 Å². The Labute approximate surface area is 200 Å². The van der Waals surface area contributed by atoms with E-state index in [-0.39, 0.29) is 17.9 Å². The molecule has 1 aliphatic heterocycles. The fourth-order valence-electron chi connectivity index (χ4n) is 4.67. The number of aromatic amines is 1. The molecule has 3 atom stereocenters. The molecular formula is C27H31N5O2. The minimum absolute atomic E-state index is 0.0515. The van der Waals surface area contributed by atoms with E-state index in [0.717, 1.165) is 34.5 Å². The molecule has 0 spiro atoms. The van der Waals surface area contributed by atoms with Crippen LogP contribution in [0.4, 0.5) is 5.69 Å². The summed E-state index contributed by atoms with van der Waals surface area (Å²) in [6, 6.07) is 15.5. The number of ether oxygens (including phenoxy) is 1. The molecule has 7 heteroatoms. The Balaban J connectivity index is 1.71. The topological polar surface area (TPSA) is 94.0 Å². The largest absolute Gasteiger partial charge is 0.385 e. The molecule has 0 bridgehead atoms. The van der Waals surface area contributed by atoms with Crippen LogP contribution in [0.2, 0.25) is 0 Å². The number of imidazole rings is 1. The maximum absolute atomic E-state index is 14.0. The maximum Gasteiger partial charge on any atom is 0.244 e. The van der Waals surface area contributed by atoms with E-state index < -0.39 is 6.04 Å². The highest BCUT2D eigenvalue weighted by Crippen LogP contribution is 2.31. The number of nitriles is 1. The standard InChI is InChI=1S/C27H31N5O2/c1-18-5-4-6-25(19(18)2)32-16-22(11-12-34-3)31-26(27(32)33)23(24-15-29-17-30-24)13-20-7-9-21(14-28)10-8-20/h4-10,15,17,22-23,26,31H,11-13,16H2,1-3H3,(H,29,30)/t22-,23?,26?/m0/s1. The van der Waals surface area contributed by atoms with Crippen molar-refractivity contribution in [3.05, 3.63) is 82.9 Å². The number of anilines is 1. The number of benzene rings is 2. The Kier molecular flexibility index (Phi) is 7.41. The van der Waals surface area contributed by atoms with Gasteiger partial charge in [0.2, 0.25) is 5.91 Å². The molecule has 2 unspecified atom stereocenters. The van der Waals surface area contributed by atoms with Crippen molar-refractivity contribution in [2.75, 3.05) is 25.2 Å². The summed E-state index contributed by atoms with van der Waals surface area (Å²) in [5, 5.41) is 12.8. The third-order valence-electron chi connectivity index (χ3n) is 6.75. The van der Waals surface area contributed by atoms with E-state index in [4.69, 9.17) is 10.00 Å². The van der Waals surface area contributed by atoms with E-state index in [1.165, 1.54) is 0 Å². The van der Waals surface area contributed by atoms with Crippen LogP contribution in [-0.2, 0) is 16.0 Å². The minimum atomic E-state index is -0.438. The van der Waals surface area contributed by atoms with Crippen LogP contribution in [0.15, 0.2) is 55.0 Å². The molecule has 1 aromatic heterocycles. The number of carbonyl (C=O) groups is 1. The van der Waals surface area contributed by atoms with E-state index in [0.29, 0.717) is 25.1 Å². The first kappa shape index (κ1) is 23.7. The van der Waals surface area contributed by atoms with Gasteiger partial charge in [0.1, 0.15) is 0 Å². The van der Waals surface area contributed by atoms with Crippen LogP contribution in [0.5, 0.6) is 0 Å². The molecule has 7 nitrogen and oxygen atoms in total. The number of methoxy groups -OCH3 is 1. The third-order valence-corrected chi connectivity index (χ3v) is 6.75. The SMILES string of the molecule is COCC[C@H]1CN(c2cccc(C)c2C)C(=O)C(C(Cc2ccc(C#N)cc2)c2cnc[nH]2)N1. The number of nitrogens with zero attached hydrogens (tertiary/aromatic N) is 3. The number of aromatic nitrogens is 2. The summed E-state index contributed by atoms with van der Waals surface area (Å²) >= 11 is 0. The second-order valence-corrected chi connectivity index (χ2v) is 8.92. The Morgan fingerprint density at radius 1 is 1.24 bits per heavy atom. The lowest BCUT2D eigenvalue weighted by Gasteiger charge is -2.42. The normalized spacial score (nSPS) is 19.1. The number of hydrogen-bond donors (Lipinski definition) is 2. The highest BCUT2D eigenvalue weighted by atomic mass is 16.5. The molecule has 3 aromatic rings. The second-order valence-electron chi connectivity index (χ2n) is 8.92. The lowest BCUT2D eigenvalue weighted by Crippen LogP contribution is -2.62. The molecule has 0 aliphatic carbocycles. The number of rotatable bonds is 8. The van der Waals surface area contributed by atoms with E-state index >= 15 is 0 Å². The lowest BCUT2D eigenvalue weighted by molar-refractivity contribution is -0.123. The van der Waals surface area contributed by atoms with Gasteiger partial charge in [-0.25, -0.2) is 4.98 Å². The molecule has 2 N–H and O–H groups in total. The zero-order valence-corrected chi connectivity index (χ0v) is 19.9. The quantitative estimate of drug-likeness (QED) is 0.539. The summed E-state index contributed by atoms with van der Waals surface area (Å²) in [5.41, 5.74) is 5.83. The van der Waals surface area contributed by atoms with Gasteiger partial charge in [0.05, 0.1) is 24.0 Å². The molecule has 0 radical (unpaired) electrons. The van der Waals surface area contributed by atoms with Gasteiger partial charge in [-0.2, -0.15) is 5.26 Å². The number of nitrogens with one attached hydrogen (secondary N) is 2. The van der Waals surface area contributed by atoms with Crippen LogP contribution >= 0.6 is 0 Å². The summed E-state index contributed by atoms with van der Waals surface area (Å²) in [6.45, 7) is 5.35. The molecule has 2 aromatic carbocycles. The van der Waals surface area contributed by atoms with E-state index in [9.17, 15) is 4.79 Å². The Hall–Kier alpha value is -3.47. The minimum Gasteiger partial charge on any atom is -0.385 e. The number of hydrogen-bond acceptors (Lipinski definition) is 5. The maximum atomic E-state index is 14.0. The second kappa shape index (κ2) is 10.6. The first-order valence-electron chi connectivity index (χ1n) is 11.6. The van der Waals surface area contributed by atoms with Crippen LogP contribution in [0.1, 0.15) is 40.3 Å². The highest BCUT2D eigenvalue weighted by Gasteiger charge is 2.40. The van der Waals surface area contributed by atoms with Crippen molar-refractivity contribution in [2.24, 2.45) is 0 Å². The summed E-state index contributed by atoms with van der Waals surface area (Å²) in [5.74, 6) is -0.100. The van der Waals surface area contributed by atoms with Crippen LogP contribution in [0, 0.1) is 25.2 Å². The van der Waals surface area contributed by atoms with Crippen molar-refractivity contribution >= 4 is 11.6 Å². The summed E-state index contributed by atoms with van der Waals surface area (Å²) in [7, 11) is 1.70. The van der Waals surface area contributed by atoms with Gasteiger partial charge in [-0.3, -0.25) is 4.79 Å². The molecule has 1 amide bonds. The molecule has 1 saturated heterocycles. The van der Waals surface area contributed by atoms with Crippen molar-refractivity contribution in [3.8, 4) is 6.07 Å². The molecular weight excluding hydrogens is 426 g/mol. The van der Waals surface area contributed by atoms with Crippen LogP contribution in [-0.4, -0.2) is 48.2 Å². The van der Waals surface area contributed by atoms with Gasteiger partial charge in [-0.1, -0.05) is 24.3 Å². The van der Waals surface area contributed by atoms with Gasteiger partial charge < -0.3 is 19.9 Å². The van der Waals surface area contributed by atoms with Gasteiger partial charge in [0.15, 0.2) is 0 Å². The van der Waals surface area contributed by atoms with Crippen LogP contribution < -0.4 is 10.2 Å². The number of amides is 1. The molecule has 4 rings (SSSR count). The molecule has 0 saturated carbocycles. The first-order valence-corrected chi connectivity index (χ1v) is 11.6. The predicted molar refractivity (Wildman–Crippen MR) is 132 cm³/mol. The smallest absolute Gasteiger partial charge is 0.244 e. The predicted octanol–water partition coefficient (Wildman–Crippen LogP) is 3.63. The number of H-pyrrole nitrogens is 1. The summed E-state index contributed by atoms with van der Waals surface area (Å²) < 4.78 is 5.35. The Morgan fingerprint density at radius 2 is 2.03 bits per heavy atom. The monoisotopic (exact) mass is 457 g/mol. The fraction of sp³-hybridized carbons (Fsp3) is 0.370. The number of piperazine rings is 1. The van der Waals surface area contributed by atoms with Crippen LogP contribution in [0.25, 0.3) is 0 Å². The number of carbonyl (C=O) groups excluding carboxylic acids is 1. The molecule has 1 aliphatic rings. The van der Waals surface area contributed by atoms with E-state index in [1.807, 2.05) is 41.3 Å². The van der Waals surface area contributed by atoms with Gasteiger partial charge in [-0.05, 0) is 61.6 Å². The van der Waals surface area contributed by atoms with Gasteiger partial charge in [0, 0.05) is 49.8 Å². The first-order chi connectivity index (χ1) is 16.5.